The SMILES string of the molecule is COc1ccc(C2(c3ccc(OC)cc3)C=Cc3c(C)c(-c4ccccc4)c4cc5c(cc4c3O2)OCC5)cc1. The van der Waals surface area contributed by atoms with Crippen LogP contribution in [-0.2, 0) is 12.0 Å². The number of hydrogen-bond donors (Lipinski definition) is 0. The fraction of sp³-hybridized carbons (Fsp3) is 0.167. The van der Waals surface area contributed by atoms with Gasteiger partial charge in [0.25, 0.3) is 0 Å². The summed E-state index contributed by atoms with van der Waals surface area (Å²) in [6.45, 7) is 2.90. The molecule has 0 fully saturated rings. The van der Waals surface area contributed by atoms with Crippen LogP contribution >= 0.6 is 0 Å². The molecule has 2 aliphatic rings. The van der Waals surface area contributed by atoms with Crippen molar-refractivity contribution in [1.82, 2.24) is 0 Å². The summed E-state index contributed by atoms with van der Waals surface area (Å²) in [4.78, 5) is 0. The van der Waals surface area contributed by atoms with E-state index in [2.05, 4.69) is 85.8 Å². The number of fused-ring (bicyclic) bond motifs is 4. The van der Waals surface area contributed by atoms with Crippen LogP contribution in [0.5, 0.6) is 23.0 Å². The Morgan fingerprint density at radius 2 is 1.40 bits per heavy atom. The molecule has 0 spiro atoms. The van der Waals surface area contributed by atoms with Gasteiger partial charge < -0.3 is 18.9 Å². The molecule has 0 saturated carbocycles. The Labute approximate surface area is 234 Å². The van der Waals surface area contributed by atoms with E-state index in [0.717, 1.165) is 51.5 Å². The molecule has 40 heavy (non-hydrogen) atoms. The summed E-state index contributed by atoms with van der Waals surface area (Å²) < 4.78 is 24.2. The second-order valence-electron chi connectivity index (χ2n) is 10.3. The van der Waals surface area contributed by atoms with E-state index in [-0.39, 0.29) is 0 Å². The molecule has 0 amide bonds. The minimum absolute atomic E-state index is 0.704. The van der Waals surface area contributed by atoms with Crippen molar-refractivity contribution in [2.75, 3.05) is 20.8 Å². The highest BCUT2D eigenvalue weighted by Gasteiger charge is 2.39. The lowest BCUT2D eigenvalue weighted by Gasteiger charge is -2.37. The zero-order valence-electron chi connectivity index (χ0n) is 22.9. The summed E-state index contributed by atoms with van der Waals surface area (Å²) in [6, 6.07) is 31.3. The van der Waals surface area contributed by atoms with Gasteiger partial charge in [0.15, 0.2) is 5.60 Å². The Morgan fingerprint density at radius 1 is 0.750 bits per heavy atom. The van der Waals surface area contributed by atoms with Crippen LogP contribution < -0.4 is 18.9 Å². The van der Waals surface area contributed by atoms with E-state index < -0.39 is 5.60 Å². The maximum atomic E-state index is 7.26. The van der Waals surface area contributed by atoms with E-state index in [9.17, 15) is 0 Å². The molecule has 0 aliphatic carbocycles. The van der Waals surface area contributed by atoms with Crippen LogP contribution in [0.25, 0.3) is 28.0 Å². The van der Waals surface area contributed by atoms with Crippen LogP contribution in [0.3, 0.4) is 0 Å². The summed E-state index contributed by atoms with van der Waals surface area (Å²) in [7, 11) is 3.36. The van der Waals surface area contributed by atoms with E-state index >= 15 is 0 Å². The van der Waals surface area contributed by atoms with Gasteiger partial charge in [-0.25, -0.2) is 0 Å². The normalized spacial score (nSPS) is 14.7. The molecule has 7 rings (SSSR count). The number of benzene rings is 5. The molecule has 5 aromatic carbocycles. The standard InChI is InChI=1S/C36H30O4/c1-23-30-17-19-36(26-9-13-28(37-2)14-10-26,27-11-15-29(38-3)16-12-27)40-35(30)32-22-33-25(18-20-39-33)21-31(32)34(23)24-7-5-4-6-8-24/h4-17,19,21-22H,18,20H2,1-3H3. The monoisotopic (exact) mass is 526 g/mol. The van der Waals surface area contributed by atoms with Gasteiger partial charge in [0.05, 0.1) is 20.8 Å². The lowest BCUT2D eigenvalue weighted by Crippen LogP contribution is -2.34. The highest BCUT2D eigenvalue weighted by atomic mass is 16.5. The predicted molar refractivity (Wildman–Crippen MR) is 160 cm³/mol. The predicted octanol–water partition coefficient (Wildman–Crippen LogP) is 8.12. The molecule has 2 heterocycles. The van der Waals surface area contributed by atoms with Crippen LogP contribution in [0.1, 0.15) is 27.8 Å². The van der Waals surface area contributed by atoms with E-state index in [1.807, 2.05) is 24.3 Å². The highest BCUT2D eigenvalue weighted by Crippen LogP contribution is 2.51. The van der Waals surface area contributed by atoms with E-state index in [1.54, 1.807) is 14.2 Å². The average Bonchev–Trinajstić information content (AvgIpc) is 3.48. The van der Waals surface area contributed by atoms with Crippen LogP contribution in [0.2, 0.25) is 0 Å². The molecule has 0 N–H and O–H groups in total. The Hall–Kier alpha value is -4.70. The molecule has 0 radical (unpaired) electrons. The first-order chi connectivity index (χ1) is 19.6. The third kappa shape index (κ3) is 3.75. The Balaban J connectivity index is 1.51. The molecule has 198 valence electrons. The first kappa shape index (κ1) is 24.3. The zero-order valence-corrected chi connectivity index (χ0v) is 22.9. The van der Waals surface area contributed by atoms with Crippen molar-refractivity contribution in [3.8, 4) is 34.1 Å². The van der Waals surface area contributed by atoms with Gasteiger partial charge >= 0.3 is 0 Å². The fourth-order valence-electron chi connectivity index (χ4n) is 6.11. The maximum Gasteiger partial charge on any atom is 0.178 e. The Morgan fingerprint density at radius 3 is 2.02 bits per heavy atom. The van der Waals surface area contributed by atoms with E-state index in [4.69, 9.17) is 18.9 Å². The third-order valence-electron chi connectivity index (χ3n) is 8.22. The largest absolute Gasteiger partial charge is 0.497 e. The van der Waals surface area contributed by atoms with Crippen molar-refractivity contribution in [3.05, 3.63) is 125 Å². The summed E-state index contributed by atoms with van der Waals surface area (Å²) in [6.07, 6.45) is 5.32. The molecule has 0 atom stereocenters. The maximum absolute atomic E-state index is 7.26. The van der Waals surface area contributed by atoms with Crippen LogP contribution in [0, 0.1) is 6.92 Å². The molecule has 4 heteroatoms. The van der Waals surface area contributed by atoms with Crippen LogP contribution in [0.15, 0.2) is 97.1 Å². The van der Waals surface area contributed by atoms with Crippen LogP contribution in [0.4, 0.5) is 0 Å². The van der Waals surface area contributed by atoms with Crippen molar-refractivity contribution < 1.29 is 18.9 Å². The summed E-state index contributed by atoms with van der Waals surface area (Å²) in [5.41, 5.74) is 7.13. The van der Waals surface area contributed by atoms with Crippen molar-refractivity contribution in [1.29, 1.82) is 0 Å². The van der Waals surface area contributed by atoms with Gasteiger partial charge in [-0.05, 0) is 77.0 Å². The summed E-state index contributed by atoms with van der Waals surface area (Å²) >= 11 is 0. The molecule has 0 unspecified atom stereocenters. The Bertz CT molecular complexity index is 1700. The highest BCUT2D eigenvalue weighted by molar-refractivity contribution is 6.06. The molecular weight excluding hydrogens is 496 g/mol. The minimum Gasteiger partial charge on any atom is -0.497 e. The van der Waals surface area contributed by atoms with Gasteiger partial charge in [-0.1, -0.05) is 60.7 Å². The quantitative estimate of drug-likeness (QED) is 0.232. The second-order valence-corrected chi connectivity index (χ2v) is 10.3. The number of rotatable bonds is 5. The van der Waals surface area contributed by atoms with E-state index in [1.165, 1.54) is 27.6 Å². The van der Waals surface area contributed by atoms with Gasteiger partial charge in [-0.2, -0.15) is 0 Å². The average molecular weight is 527 g/mol. The van der Waals surface area contributed by atoms with Gasteiger partial charge in [0.1, 0.15) is 23.0 Å². The van der Waals surface area contributed by atoms with Gasteiger partial charge in [-0.15, -0.1) is 0 Å². The summed E-state index contributed by atoms with van der Waals surface area (Å²) in [5.74, 6) is 3.40. The lowest BCUT2D eigenvalue weighted by molar-refractivity contribution is 0.163. The van der Waals surface area contributed by atoms with Crippen molar-refractivity contribution in [3.63, 3.8) is 0 Å². The van der Waals surface area contributed by atoms with Crippen LogP contribution in [-0.4, -0.2) is 20.8 Å². The Kier molecular flexibility index (Phi) is 5.78. The number of ether oxygens (including phenoxy) is 4. The molecule has 4 nitrogen and oxygen atoms in total. The molecule has 5 aromatic rings. The molecule has 2 aliphatic heterocycles. The third-order valence-corrected chi connectivity index (χ3v) is 8.22. The zero-order chi connectivity index (χ0) is 27.3. The molecule has 0 aromatic heterocycles. The fourth-order valence-corrected chi connectivity index (χ4v) is 6.11. The van der Waals surface area contributed by atoms with E-state index in [0.29, 0.717) is 6.61 Å². The van der Waals surface area contributed by atoms with Gasteiger partial charge in [-0.3, -0.25) is 0 Å². The molecular formula is C36H30O4. The smallest absolute Gasteiger partial charge is 0.178 e. The van der Waals surface area contributed by atoms with Crippen molar-refractivity contribution in [2.24, 2.45) is 0 Å². The van der Waals surface area contributed by atoms with Gasteiger partial charge in [0.2, 0.25) is 0 Å². The first-order valence-corrected chi connectivity index (χ1v) is 13.6. The second kappa shape index (κ2) is 9.49. The first-order valence-electron chi connectivity index (χ1n) is 13.6. The van der Waals surface area contributed by atoms with Crippen molar-refractivity contribution in [2.45, 2.75) is 18.9 Å². The molecule has 0 saturated heterocycles. The van der Waals surface area contributed by atoms with Gasteiger partial charge in [0, 0.05) is 28.5 Å². The minimum atomic E-state index is -0.848. The number of hydrogen-bond acceptors (Lipinski definition) is 4. The lowest BCUT2D eigenvalue weighted by atomic mass is 9.81. The topological polar surface area (TPSA) is 36.9 Å². The molecule has 0 bridgehead atoms. The number of methoxy groups -OCH3 is 2. The van der Waals surface area contributed by atoms with Crippen molar-refractivity contribution >= 4 is 16.8 Å². The summed E-state index contributed by atoms with van der Waals surface area (Å²) in [5, 5.41) is 2.23.